The summed E-state index contributed by atoms with van der Waals surface area (Å²) in [7, 11) is 0. The van der Waals surface area contributed by atoms with Crippen molar-refractivity contribution in [2.24, 2.45) is 5.92 Å². The molecule has 1 aromatic carbocycles. The Hall–Kier alpha value is -3.42. The Morgan fingerprint density at radius 2 is 1.93 bits per heavy atom. The summed E-state index contributed by atoms with van der Waals surface area (Å²) in [5.74, 6) is 1.16. The minimum absolute atomic E-state index is 0.00925. The lowest BCUT2D eigenvalue weighted by Gasteiger charge is -2.38. The molecule has 2 aliphatic rings. The molecule has 29 heavy (non-hydrogen) atoms. The number of nitrogens with zero attached hydrogens (tertiary/aromatic N) is 4. The number of amides is 2. The smallest absolute Gasteiger partial charge is 0.238 e. The van der Waals surface area contributed by atoms with Crippen LogP contribution in [0.2, 0.25) is 0 Å². The van der Waals surface area contributed by atoms with Gasteiger partial charge in [0.05, 0.1) is 18.1 Å². The lowest BCUT2D eigenvalue weighted by molar-refractivity contribution is -0.140. The summed E-state index contributed by atoms with van der Waals surface area (Å²) in [6, 6.07) is 11.3. The van der Waals surface area contributed by atoms with Gasteiger partial charge in [0, 0.05) is 31.7 Å². The SMILES string of the molecule is Cc1ccc(N2CC(C(=O)N3CC(c4nc(-c5ccco5)no4)C3)CC2=O)cc1. The van der Waals surface area contributed by atoms with Gasteiger partial charge in [0.2, 0.25) is 23.5 Å². The van der Waals surface area contributed by atoms with Crippen LogP contribution in [0.15, 0.2) is 51.6 Å². The van der Waals surface area contributed by atoms with Gasteiger partial charge < -0.3 is 18.7 Å². The molecule has 8 nitrogen and oxygen atoms in total. The Morgan fingerprint density at radius 1 is 1.14 bits per heavy atom. The van der Waals surface area contributed by atoms with Gasteiger partial charge in [-0.1, -0.05) is 22.9 Å². The second-order valence-corrected chi connectivity index (χ2v) is 7.61. The second kappa shape index (κ2) is 6.88. The molecule has 0 N–H and O–H groups in total. The van der Waals surface area contributed by atoms with Crippen molar-refractivity contribution in [2.45, 2.75) is 19.3 Å². The van der Waals surface area contributed by atoms with Crippen molar-refractivity contribution in [3.63, 3.8) is 0 Å². The molecule has 148 valence electrons. The van der Waals surface area contributed by atoms with Gasteiger partial charge in [-0.25, -0.2) is 0 Å². The van der Waals surface area contributed by atoms with Crippen molar-refractivity contribution < 1.29 is 18.5 Å². The van der Waals surface area contributed by atoms with Gasteiger partial charge >= 0.3 is 0 Å². The summed E-state index contributed by atoms with van der Waals surface area (Å²) >= 11 is 0. The van der Waals surface area contributed by atoms with E-state index in [4.69, 9.17) is 8.94 Å². The number of hydrogen-bond donors (Lipinski definition) is 0. The van der Waals surface area contributed by atoms with Crippen molar-refractivity contribution in [1.29, 1.82) is 0 Å². The van der Waals surface area contributed by atoms with Gasteiger partial charge in [0.25, 0.3) is 0 Å². The number of hydrogen-bond acceptors (Lipinski definition) is 6. The Labute approximate surface area is 167 Å². The monoisotopic (exact) mass is 392 g/mol. The van der Waals surface area contributed by atoms with Crippen molar-refractivity contribution in [3.8, 4) is 11.6 Å². The molecule has 5 rings (SSSR count). The number of likely N-dealkylation sites (tertiary alicyclic amines) is 1. The van der Waals surface area contributed by atoms with E-state index >= 15 is 0 Å². The third kappa shape index (κ3) is 3.20. The first-order chi connectivity index (χ1) is 14.1. The molecule has 4 heterocycles. The van der Waals surface area contributed by atoms with Crippen molar-refractivity contribution in [2.75, 3.05) is 24.5 Å². The Morgan fingerprint density at radius 3 is 2.66 bits per heavy atom. The van der Waals surface area contributed by atoms with E-state index in [0.29, 0.717) is 37.1 Å². The number of anilines is 1. The highest BCUT2D eigenvalue weighted by atomic mass is 16.5. The van der Waals surface area contributed by atoms with Crippen LogP contribution in [0.3, 0.4) is 0 Å². The summed E-state index contributed by atoms with van der Waals surface area (Å²) < 4.78 is 10.6. The molecular formula is C21H20N4O4. The molecule has 0 aliphatic carbocycles. The zero-order valence-electron chi connectivity index (χ0n) is 15.9. The average Bonchev–Trinajstić information content (AvgIpc) is 3.41. The normalized spacial score (nSPS) is 19.6. The molecular weight excluding hydrogens is 372 g/mol. The third-order valence-electron chi connectivity index (χ3n) is 5.55. The Bertz CT molecular complexity index is 1040. The number of carbonyl (C=O) groups excluding carboxylic acids is 2. The second-order valence-electron chi connectivity index (χ2n) is 7.61. The van der Waals surface area contributed by atoms with Crippen molar-refractivity contribution in [1.82, 2.24) is 15.0 Å². The van der Waals surface area contributed by atoms with Crippen molar-refractivity contribution in [3.05, 3.63) is 54.1 Å². The molecule has 0 saturated carbocycles. The minimum Gasteiger partial charge on any atom is -0.461 e. The van der Waals surface area contributed by atoms with E-state index < -0.39 is 0 Å². The predicted octanol–water partition coefficient (Wildman–Crippen LogP) is 2.62. The van der Waals surface area contributed by atoms with Crippen LogP contribution in [0.25, 0.3) is 11.6 Å². The number of furan rings is 1. The maximum Gasteiger partial charge on any atom is 0.238 e. The first kappa shape index (κ1) is 17.7. The summed E-state index contributed by atoms with van der Waals surface area (Å²) in [5, 5.41) is 3.93. The number of aryl methyl sites for hydroxylation is 1. The molecule has 1 atom stereocenters. The van der Waals surface area contributed by atoms with E-state index in [9.17, 15) is 9.59 Å². The quantitative estimate of drug-likeness (QED) is 0.678. The Balaban J connectivity index is 1.20. The van der Waals surface area contributed by atoms with E-state index in [0.717, 1.165) is 11.3 Å². The molecule has 0 radical (unpaired) electrons. The zero-order chi connectivity index (χ0) is 20.0. The number of benzene rings is 1. The number of aromatic nitrogens is 2. The van der Waals surface area contributed by atoms with E-state index in [1.54, 1.807) is 28.2 Å². The lowest BCUT2D eigenvalue weighted by atomic mass is 9.96. The molecule has 2 amide bonds. The van der Waals surface area contributed by atoms with Gasteiger partial charge in [-0.15, -0.1) is 0 Å². The molecule has 1 unspecified atom stereocenters. The van der Waals surface area contributed by atoms with Crippen LogP contribution >= 0.6 is 0 Å². The third-order valence-corrected chi connectivity index (χ3v) is 5.55. The first-order valence-electron chi connectivity index (χ1n) is 9.62. The predicted molar refractivity (Wildman–Crippen MR) is 103 cm³/mol. The summed E-state index contributed by atoms with van der Waals surface area (Å²) in [5.41, 5.74) is 1.98. The van der Waals surface area contributed by atoms with E-state index in [2.05, 4.69) is 10.1 Å². The summed E-state index contributed by atoms with van der Waals surface area (Å²) in [6.45, 7) is 3.47. The maximum atomic E-state index is 12.8. The molecule has 8 heteroatoms. The fraction of sp³-hybridized carbons (Fsp3) is 0.333. The van der Waals surface area contributed by atoms with Crippen LogP contribution in [-0.2, 0) is 9.59 Å². The number of rotatable bonds is 4. The highest BCUT2D eigenvalue weighted by Gasteiger charge is 2.42. The number of carbonyl (C=O) groups is 2. The van der Waals surface area contributed by atoms with Gasteiger partial charge in [-0.2, -0.15) is 4.98 Å². The highest BCUT2D eigenvalue weighted by molar-refractivity contribution is 6.00. The molecule has 0 bridgehead atoms. The maximum absolute atomic E-state index is 12.8. The summed E-state index contributed by atoms with van der Waals surface area (Å²) in [4.78, 5) is 33.1. The molecule has 0 spiro atoms. The van der Waals surface area contributed by atoms with E-state index in [-0.39, 0.29) is 30.1 Å². The Kier molecular flexibility index (Phi) is 4.19. The minimum atomic E-state index is -0.314. The molecule has 3 aromatic rings. The largest absolute Gasteiger partial charge is 0.461 e. The van der Waals surface area contributed by atoms with Gasteiger partial charge in [-0.3, -0.25) is 9.59 Å². The van der Waals surface area contributed by atoms with Gasteiger partial charge in [0.1, 0.15) is 0 Å². The van der Waals surface area contributed by atoms with Crippen LogP contribution in [0.5, 0.6) is 0 Å². The fourth-order valence-electron chi connectivity index (χ4n) is 3.83. The topological polar surface area (TPSA) is 92.7 Å². The first-order valence-corrected chi connectivity index (χ1v) is 9.62. The van der Waals surface area contributed by atoms with E-state index in [1.807, 2.05) is 31.2 Å². The van der Waals surface area contributed by atoms with Crippen LogP contribution in [0.1, 0.15) is 23.8 Å². The van der Waals surface area contributed by atoms with Crippen LogP contribution < -0.4 is 4.90 Å². The average molecular weight is 392 g/mol. The standard InChI is InChI=1S/C21H20N4O4/c1-13-4-6-16(7-5-13)25-12-14(9-18(25)26)21(27)24-10-15(11-24)20-22-19(23-29-20)17-3-2-8-28-17/h2-8,14-15H,9-12H2,1H3. The molecule has 2 aliphatic heterocycles. The summed E-state index contributed by atoms with van der Waals surface area (Å²) in [6.07, 6.45) is 1.80. The van der Waals surface area contributed by atoms with Gasteiger partial charge in [0.15, 0.2) is 5.76 Å². The lowest BCUT2D eigenvalue weighted by Crippen LogP contribution is -2.51. The molecule has 2 aromatic heterocycles. The van der Waals surface area contributed by atoms with Crippen molar-refractivity contribution >= 4 is 17.5 Å². The molecule has 2 fully saturated rings. The highest BCUT2D eigenvalue weighted by Crippen LogP contribution is 2.32. The van der Waals surface area contributed by atoms with Crippen LogP contribution in [0.4, 0.5) is 5.69 Å². The van der Waals surface area contributed by atoms with E-state index in [1.165, 1.54) is 0 Å². The fourth-order valence-corrected chi connectivity index (χ4v) is 3.83. The zero-order valence-corrected chi connectivity index (χ0v) is 15.9. The van der Waals surface area contributed by atoms with Gasteiger partial charge in [-0.05, 0) is 31.2 Å². The van der Waals surface area contributed by atoms with Crippen LogP contribution in [-0.4, -0.2) is 46.5 Å². The van der Waals surface area contributed by atoms with Crippen LogP contribution in [0, 0.1) is 12.8 Å². The molecule has 2 saturated heterocycles.